The highest BCUT2D eigenvalue weighted by Gasteiger charge is 2.41. The quantitative estimate of drug-likeness (QED) is 0.803. The van der Waals surface area contributed by atoms with Crippen LogP contribution in [0.1, 0.15) is 5.56 Å². The van der Waals surface area contributed by atoms with Gasteiger partial charge >= 0.3 is 12.3 Å². The molecule has 1 aromatic heterocycles. The van der Waals surface area contributed by atoms with Gasteiger partial charge in [-0.25, -0.2) is 13.8 Å². The molecule has 0 bridgehead atoms. The average Bonchev–Trinajstić information content (AvgIpc) is 2.35. The molecule has 0 spiro atoms. The number of aliphatic hydroxyl groups is 1. The van der Waals surface area contributed by atoms with Crippen molar-refractivity contribution in [3.05, 3.63) is 30.0 Å². The molecule has 0 aromatic carbocycles. The number of hydrogen-bond donors (Lipinski definition) is 1. The van der Waals surface area contributed by atoms with Crippen LogP contribution in [-0.4, -0.2) is 35.7 Å². The van der Waals surface area contributed by atoms with Crippen molar-refractivity contribution < 1.29 is 27.4 Å². The van der Waals surface area contributed by atoms with Gasteiger partial charge in [-0.05, 0) is 11.6 Å². The van der Waals surface area contributed by atoms with Crippen molar-refractivity contribution in [2.45, 2.75) is 12.3 Å². The van der Waals surface area contributed by atoms with E-state index in [1.807, 2.05) is 0 Å². The third kappa shape index (κ3) is 4.33. The number of pyridine rings is 1. The molecule has 1 rings (SSSR count). The van der Waals surface area contributed by atoms with Crippen molar-refractivity contribution in [3.8, 4) is 5.88 Å². The maximum atomic E-state index is 12.5. The van der Waals surface area contributed by atoms with E-state index in [9.17, 15) is 17.6 Å². The van der Waals surface area contributed by atoms with Crippen molar-refractivity contribution in [3.63, 3.8) is 0 Å². The first-order chi connectivity index (χ1) is 8.45. The molecule has 3 nitrogen and oxygen atoms in total. The lowest BCUT2D eigenvalue weighted by Crippen LogP contribution is -2.33. The second-order valence-corrected chi connectivity index (χ2v) is 3.37. The number of hydrogen-bond acceptors (Lipinski definition) is 3. The Bertz CT molecular complexity index is 393. The number of rotatable bonds is 6. The monoisotopic (exact) mass is 265 g/mol. The first kappa shape index (κ1) is 14.4. The third-order valence-electron chi connectivity index (χ3n) is 1.91. The van der Waals surface area contributed by atoms with E-state index in [2.05, 4.69) is 9.72 Å². The van der Waals surface area contributed by atoms with Crippen molar-refractivity contribution in [2.24, 2.45) is 0 Å². The van der Waals surface area contributed by atoms with Crippen molar-refractivity contribution in [2.75, 3.05) is 13.2 Å². The molecule has 7 heteroatoms. The summed E-state index contributed by atoms with van der Waals surface area (Å²) in [6.07, 6.45) is 0.555. The molecule has 0 fully saturated rings. The highest BCUT2D eigenvalue weighted by Crippen LogP contribution is 2.23. The first-order valence-corrected chi connectivity index (χ1v) is 4.98. The van der Waals surface area contributed by atoms with Gasteiger partial charge in [0.05, 0.1) is 6.61 Å². The highest BCUT2D eigenvalue weighted by atomic mass is 19.3. The molecule has 0 aliphatic carbocycles. The van der Waals surface area contributed by atoms with Crippen LogP contribution in [0.25, 0.3) is 6.08 Å². The summed E-state index contributed by atoms with van der Waals surface area (Å²) in [7, 11) is 0. The zero-order valence-electron chi connectivity index (χ0n) is 9.19. The lowest BCUT2D eigenvalue weighted by atomic mass is 10.2. The van der Waals surface area contributed by atoms with Crippen molar-refractivity contribution >= 4 is 6.08 Å². The number of nitrogens with zero attached hydrogens (tertiary/aromatic N) is 1. The van der Waals surface area contributed by atoms with E-state index >= 15 is 0 Å². The Balaban J connectivity index is 2.56. The SMILES string of the molecule is OC/C=C/c1ccc(OCC(F)(F)C(F)F)nc1. The first-order valence-electron chi connectivity index (χ1n) is 4.98. The average molecular weight is 265 g/mol. The number of alkyl halides is 4. The van der Waals surface area contributed by atoms with Gasteiger partial charge in [0.15, 0.2) is 6.61 Å². The molecule has 0 aliphatic rings. The molecule has 100 valence electrons. The summed E-state index contributed by atoms with van der Waals surface area (Å²) in [6.45, 7) is -1.57. The minimum absolute atomic E-state index is 0.140. The lowest BCUT2D eigenvalue weighted by Gasteiger charge is -2.15. The Morgan fingerprint density at radius 1 is 1.39 bits per heavy atom. The van der Waals surface area contributed by atoms with Crippen LogP contribution in [0, 0.1) is 0 Å². The van der Waals surface area contributed by atoms with Gasteiger partial charge in [-0.15, -0.1) is 0 Å². The Morgan fingerprint density at radius 2 is 2.11 bits per heavy atom. The number of halogens is 4. The smallest absolute Gasteiger partial charge is 0.340 e. The van der Waals surface area contributed by atoms with Crippen molar-refractivity contribution in [1.29, 1.82) is 0 Å². The van der Waals surface area contributed by atoms with Gasteiger partial charge in [-0.3, -0.25) is 0 Å². The number of aliphatic hydroxyl groups excluding tert-OH is 1. The minimum atomic E-state index is -4.20. The number of ether oxygens (including phenoxy) is 1. The minimum Gasteiger partial charge on any atom is -0.471 e. The molecule has 0 saturated heterocycles. The molecule has 1 heterocycles. The van der Waals surface area contributed by atoms with Gasteiger partial charge in [0.2, 0.25) is 5.88 Å². The highest BCUT2D eigenvalue weighted by molar-refractivity contribution is 5.48. The van der Waals surface area contributed by atoms with Crippen molar-refractivity contribution in [1.82, 2.24) is 4.98 Å². The van der Waals surface area contributed by atoms with Gasteiger partial charge in [0.25, 0.3) is 0 Å². The van der Waals surface area contributed by atoms with E-state index in [0.29, 0.717) is 5.56 Å². The largest absolute Gasteiger partial charge is 0.471 e. The molecule has 0 atom stereocenters. The standard InChI is InChI=1S/C11H11F4NO2/c12-10(13)11(14,15)7-18-9-4-3-8(6-16-9)2-1-5-17/h1-4,6,10,17H,5,7H2/b2-1+. The fraction of sp³-hybridized carbons (Fsp3) is 0.364. The molecule has 0 radical (unpaired) electrons. The maximum Gasteiger partial charge on any atom is 0.340 e. The van der Waals surface area contributed by atoms with E-state index in [1.54, 1.807) is 6.08 Å². The Morgan fingerprint density at radius 3 is 2.61 bits per heavy atom. The summed E-state index contributed by atoms with van der Waals surface area (Å²) in [5.41, 5.74) is 0.622. The zero-order valence-corrected chi connectivity index (χ0v) is 9.19. The molecule has 0 saturated carbocycles. The summed E-state index contributed by atoms with van der Waals surface area (Å²) in [6, 6.07) is 2.77. The Hall–Kier alpha value is -1.63. The van der Waals surface area contributed by atoms with Crippen LogP contribution in [-0.2, 0) is 0 Å². The lowest BCUT2D eigenvalue weighted by molar-refractivity contribution is -0.148. The summed E-state index contributed by atoms with van der Waals surface area (Å²) in [5.74, 6) is -4.37. The molecule has 1 aromatic rings. The van der Waals surface area contributed by atoms with E-state index < -0.39 is 19.0 Å². The van der Waals surface area contributed by atoms with E-state index in [1.165, 1.54) is 24.4 Å². The van der Waals surface area contributed by atoms with Crippen LogP contribution in [0.4, 0.5) is 17.6 Å². The van der Waals surface area contributed by atoms with Gasteiger partial charge in [0, 0.05) is 12.3 Å². The van der Waals surface area contributed by atoms with Crippen LogP contribution in [0.2, 0.25) is 0 Å². The van der Waals surface area contributed by atoms with Crippen LogP contribution in [0.3, 0.4) is 0 Å². The Kier molecular flexibility index (Phi) is 5.08. The molecule has 0 aliphatic heterocycles. The molecule has 18 heavy (non-hydrogen) atoms. The van der Waals surface area contributed by atoms with Gasteiger partial charge in [-0.2, -0.15) is 8.78 Å². The topological polar surface area (TPSA) is 42.4 Å². The molecule has 1 N–H and O–H groups in total. The molecular weight excluding hydrogens is 254 g/mol. The normalized spacial score (nSPS) is 12.3. The van der Waals surface area contributed by atoms with Gasteiger partial charge in [0.1, 0.15) is 0 Å². The zero-order chi connectivity index (χ0) is 13.6. The van der Waals surface area contributed by atoms with Crippen LogP contribution < -0.4 is 4.74 Å². The predicted molar refractivity (Wildman–Crippen MR) is 56.8 cm³/mol. The second kappa shape index (κ2) is 6.34. The van der Waals surface area contributed by atoms with Gasteiger partial charge in [-0.1, -0.05) is 12.2 Å². The van der Waals surface area contributed by atoms with Crippen LogP contribution in [0.15, 0.2) is 24.4 Å². The molecule has 0 amide bonds. The summed E-state index contributed by atoms with van der Waals surface area (Å²) in [5, 5.41) is 8.52. The maximum absolute atomic E-state index is 12.5. The second-order valence-electron chi connectivity index (χ2n) is 3.37. The summed E-state index contributed by atoms with van der Waals surface area (Å²) >= 11 is 0. The molecule has 0 unspecified atom stereocenters. The van der Waals surface area contributed by atoms with E-state index in [-0.39, 0.29) is 12.5 Å². The van der Waals surface area contributed by atoms with E-state index in [4.69, 9.17) is 5.11 Å². The van der Waals surface area contributed by atoms with E-state index in [0.717, 1.165) is 0 Å². The summed E-state index contributed by atoms with van der Waals surface area (Å²) < 4.78 is 53.2. The number of aromatic nitrogens is 1. The Labute approximate surface area is 101 Å². The molecular formula is C11H11F4NO2. The third-order valence-corrected chi connectivity index (χ3v) is 1.91. The van der Waals surface area contributed by atoms with Gasteiger partial charge < -0.3 is 9.84 Å². The summed E-state index contributed by atoms with van der Waals surface area (Å²) in [4.78, 5) is 3.66. The van der Waals surface area contributed by atoms with Crippen LogP contribution >= 0.6 is 0 Å². The fourth-order valence-corrected chi connectivity index (χ4v) is 0.998. The van der Waals surface area contributed by atoms with Crippen LogP contribution in [0.5, 0.6) is 5.88 Å². The predicted octanol–water partition coefficient (Wildman–Crippen LogP) is 2.37. The fourth-order valence-electron chi connectivity index (χ4n) is 0.998.